The Bertz CT molecular complexity index is 1100. The minimum Gasteiger partial charge on any atom is -0.494 e. The van der Waals surface area contributed by atoms with E-state index in [1.807, 2.05) is 35.8 Å². The summed E-state index contributed by atoms with van der Waals surface area (Å²) in [5, 5.41) is 1.66. The van der Waals surface area contributed by atoms with E-state index in [1.54, 1.807) is 23.1 Å². The molecule has 6 heteroatoms. The predicted molar refractivity (Wildman–Crippen MR) is 137 cm³/mol. The van der Waals surface area contributed by atoms with Crippen molar-refractivity contribution in [3.63, 3.8) is 0 Å². The van der Waals surface area contributed by atoms with Gasteiger partial charge in [-0.1, -0.05) is 51.3 Å². The number of aryl methyl sites for hydroxylation is 1. The van der Waals surface area contributed by atoms with Gasteiger partial charge in [0.2, 0.25) is 0 Å². The van der Waals surface area contributed by atoms with E-state index in [4.69, 9.17) is 9.72 Å². The number of fused-ring (bicyclic) bond motifs is 3. The van der Waals surface area contributed by atoms with Gasteiger partial charge in [0.15, 0.2) is 5.16 Å². The van der Waals surface area contributed by atoms with Crippen molar-refractivity contribution >= 4 is 33.3 Å². The Labute approximate surface area is 199 Å². The molecule has 0 radical (unpaired) electrons. The summed E-state index contributed by atoms with van der Waals surface area (Å²) in [5.74, 6) is 2.49. The Morgan fingerprint density at radius 1 is 1.16 bits per heavy atom. The number of hydrogen-bond acceptors (Lipinski definition) is 5. The smallest absolute Gasteiger partial charge is 0.267 e. The molecule has 0 saturated carbocycles. The molecule has 0 spiro atoms. The lowest BCUT2D eigenvalue weighted by Gasteiger charge is -2.18. The van der Waals surface area contributed by atoms with Crippen LogP contribution in [0.3, 0.4) is 0 Å². The van der Waals surface area contributed by atoms with Gasteiger partial charge in [-0.15, -0.1) is 11.3 Å². The van der Waals surface area contributed by atoms with Crippen LogP contribution in [0.4, 0.5) is 0 Å². The van der Waals surface area contributed by atoms with Gasteiger partial charge in [0.05, 0.1) is 17.7 Å². The van der Waals surface area contributed by atoms with Gasteiger partial charge in [0.25, 0.3) is 5.56 Å². The third-order valence-corrected chi connectivity index (χ3v) is 8.36. The summed E-state index contributed by atoms with van der Waals surface area (Å²) in [5.41, 5.74) is 2.20. The molecule has 0 aliphatic heterocycles. The van der Waals surface area contributed by atoms with E-state index >= 15 is 0 Å². The zero-order valence-corrected chi connectivity index (χ0v) is 21.1. The molecule has 4 rings (SSSR count). The largest absolute Gasteiger partial charge is 0.494 e. The highest BCUT2D eigenvalue weighted by Gasteiger charge is 2.25. The van der Waals surface area contributed by atoms with E-state index in [0.717, 1.165) is 58.2 Å². The van der Waals surface area contributed by atoms with E-state index in [1.165, 1.54) is 36.1 Å². The van der Waals surface area contributed by atoms with E-state index in [9.17, 15) is 4.79 Å². The quantitative estimate of drug-likeness (QED) is 0.181. The number of unbranched alkanes of at least 4 members (excludes halogenated alkanes) is 4. The number of benzene rings is 1. The molecule has 2 heterocycles. The summed E-state index contributed by atoms with van der Waals surface area (Å²) in [7, 11) is 0. The summed E-state index contributed by atoms with van der Waals surface area (Å²) in [4.78, 5) is 21.2. The standard InChI is InChI=1S/C26H34N2O2S2/c1-4-6-7-8-9-16-31-26-27-24-23(21-15-10-18(3)17-22(21)32-24)25(29)28(26)19-11-13-20(14-12-19)30-5-2/h11-14,18H,4-10,15-17H2,1-3H3. The summed E-state index contributed by atoms with van der Waals surface area (Å²) in [6.45, 7) is 7.15. The first-order valence-corrected chi connectivity index (χ1v) is 13.9. The second-order valence-electron chi connectivity index (χ2n) is 8.76. The molecule has 172 valence electrons. The van der Waals surface area contributed by atoms with Crippen LogP contribution in [0, 0.1) is 5.92 Å². The first-order chi connectivity index (χ1) is 15.6. The van der Waals surface area contributed by atoms with Crippen LogP contribution in [0.25, 0.3) is 15.9 Å². The second-order valence-corrected chi connectivity index (χ2v) is 10.9. The lowest BCUT2D eigenvalue weighted by Crippen LogP contribution is -2.22. The van der Waals surface area contributed by atoms with Gasteiger partial charge in [-0.3, -0.25) is 9.36 Å². The van der Waals surface area contributed by atoms with Crippen LogP contribution < -0.4 is 10.3 Å². The number of rotatable bonds is 10. The van der Waals surface area contributed by atoms with E-state index in [2.05, 4.69) is 13.8 Å². The number of thioether (sulfide) groups is 1. The highest BCUT2D eigenvalue weighted by atomic mass is 32.2. The number of hydrogen-bond donors (Lipinski definition) is 0. The molecule has 0 N–H and O–H groups in total. The topological polar surface area (TPSA) is 44.1 Å². The molecule has 32 heavy (non-hydrogen) atoms. The molecule has 1 atom stereocenters. The molecule has 4 nitrogen and oxygen atoms in total. The Hall–Kier alpha value is -1.79. The molecule has 2 aromatic heterocycles. The van der Waals surface area contributed by atoms with Crippen molar-refractivity contribution in [1.29, 1.82) is 0 Å². The van der Waals surface area contributed by atoms with Gasteiger partial charge < -0.3 is 4.74 Å². The molecule has 0 bridgehead atoms. The van der Waals surface area contributed by atoms with Crippen LogP contribution in [0.5, 0.6) is 5.75 Å². The molecular weight excluding hydrogens is 436 g/mol. The number of nitrogens with zero attached hydrogens (tertiary/aromatic N) is 2. The highest BCUT2D eigenvalue weighted by Crippen LogP contribution is 2.37. The Balaban J connectivity index is 1.72. The first kappa shape index (κ1) is 23.4. The van der Waals surface area contributed by atoms with Gasteiger partial charge in [-0.2, -0.15) is 0 Å². The number of thiophene rings is 1. The fourth-order valence-corrected chi connectivity index (χ4v) is 6.86. The summed E-state index contributed by atoms with van der Waals surface area (Å²) in [6, 6.07) is 7.84. The normalized spacial score (nSPS) is 15.8. The average Bonchev–Trinajstić information content (AvgIpc) is 3.15. The van der Waals surface area contributed by atoms with Crippen molar-refractivity contribution in [2.75, 3.05) is 12.4 Å². The van der Waals surface area contributed by atoms with Crippen LogP contribution >= 0.6 is 23.1 Å². The second kappa shape index (κ2) is 10.9. The fourth-order valence-electron chi connectivity index (χ4n) is 4.42. The van der Waals surface area contributed by atoms with E-state index < -0.39 is 0 Å². The molecule has 1 aliphatic carbocycles. The van der Waals surface area contributed by atoms with E-state index in [-0.39, 0.29) is 5.56 Å². The molecular formula is C26H34N2O2S2. The molecule has 1 unspecified atom stereocenters. The zero-order chi connectivity index (χ0) is 22.5. The molecule has 1 aromatic carbocycles. The lowest BCUT2D eigenvalue weighted by atomic mass is 9.89. The van der Waals surface area contributed by atoms with Gasteiger partial charge in [-0.05, 0) is 68.4 Å². The summed E-state index contributed by atoms with van der Waals surface area (Å²) in [6.07, 6.45) is 9.43. The zero-order valence-electron chi connectivity index (χ0n) is 19.5. The molecule has 1 aliphatic rings. The predicted octanol–water partition coefficient (Wildman–Crippen LogP) is 7.03. The van der Waals surface area contributed by atoms with Crippen molar-refractivity contribution in [3.8, 4) is 11.4 Å². The lowest BCUT2D eigenvalue weighted by molar-refractivity contribution is 0.340. The molecule has 0 amide bonds. The van der Waals surface area contributed by atoms with Crippen LogP contribution in [0.15, 0.2) is 34.2 Å². The molecule has 0 saturated heterocycles. The van der Waals surface area contributed by atoms with E-state index in [0.29, 0.717) is 12.5 Å². The van der Waals surface area contributed by atoms with Gasteiger partial charge >= 0.3 is 0 Å². The minimum absolute atomic E-state index is 0.0831. The SMILES string of the molecule is CCCCCCCSc1nc2sc3c(c2c(=O)n1-c1ccc(OCC)cc1)CCC(C)C3. The van der Waals surface area contributed by atoms with Crippen molar-refractivity contribution < 1.29 is 4.74 Å². The highest BCUT2D eigenvalue weighted by molar-refractivity contribution is 7.99. The first-order valence-electron chi connectivity index (χ1n) is 12.1. The number of ether oxygens (including phenoxy) is 1. The van der Waals surface area contributed by atoms with Crippen molar-refractivity contribution in [3.05, 3.63) is 45.1 Å². The summed E-state index contributed by atoms with van der Waals surface area (Å²) < 4.78 is 7.44. The monoisotopic (exact) mass is 470 g/mol. The van der Waals surface area contributed by atoms with Gasteiger partial charge in [0, 0.05) is 10.6 Å². The average molecular weight is 471 g/mol. The Morgan fingerprint density at radius 2 is 1.94 bits per heavy atom. The van der Waals surface area contributed by atoms with Crippen molar-refractivity contribution in [1.82, 2.24) is 9.55 Å². The maximum absolute atomic E-state index is 13.8. The number of aromatic nitrogens is 2. The van der Waals surface area contributed by atoms with Gasteiger partial charge in [0.1, 0.15) is 10.6 Å². The Kier molecular flexibility index (Phi) is 7.95. The molecule has 0 fully saturated rings. The van der Waals surface area contributed by atoms with Crippen LogP contribution in [-0.4, -0.2) is 21.9 Å². The maximum atomic E-state index is 13.8. The van der Waals surface area contributed by atoms with Crippen LogP contribution in [0.1, 0.15) is 69.7 Å². The van der Waals surface area contributed by atoms with Crippen LogP contribution in [-0.2, 0) is 12.8 Å². The fraction of sp³-hybridized carbons (Fsp3) is 0.538. The summed E-state index contributed by atoms with van der Waals surface area (Å²) >= 11 is 3.45. The third-order valence-electron chi connectivity index (χ3n) is 6.18. The Morgan fingerprint density at radius 3 is 2.69 bits per heavy atom. The van der Waals surface area contributed by atoms with Crippen molar-refractivity contribution in [2.45, 2.75) is 77.3 Å². The minimum atomic E-state index is 0.0831. The van der Waals surface area contributed by atoms with Gasteiger partial charge in [-0.25, -0.2) is 4.98 Å². The third kappa shape index (κ3) is 5.07. The van der Waals surface area contributed by atoms with Crippen molar-refractivity contribution in [2.24, 2.45) is 5.92 Å². The maximum Gasteiger partial charge on any atom is 0.267 e. The van der Waals surface area contributed by atoms with Crippen LogP contribution in [0.2, 0.25) is 0 Å². The molecule has 3 aromatic rings.